The summed E-state index contributed by atoms with van der Waals surface area (Å²) in [5, 5.41) is 14.2. The van der Waals surface area contributed by atoms with E-state index in [9.17, 15) is 5.11 Å². The van der Waals surface area contributed by atoms with Crippen LogP contribution in [0.5, 0.6) is 0 Å². The van der Waals surface area contributed by atoms with Gasteiger partial charge in [-0.3, -0.25) is 0 Å². The van der Waals surface area contributed by atoms with Crippen molar-refractivity contribution in [3.63, 3.8) is 0 Å². The zero-order chi connectivity index (χ0) is 13.4. The Morgan fingerprint density at radius 3 is 2.33 bits per heavy atom. The van der Waals surface area contributed by atoms with Crippen molar-refractivity contribution in [2.45, 2.75) is 70.6 Å². The van der Waals surface area contributed by atoms with Crippen LogP contribution in [0.25, 0.3) is 0 Å². The van der Waals surface area contributed by atoms with E-state index in [1.807, 2.05) is 0 Å². The summed E-state index contributed by atoms with van der Waals surface area (Å²) in [6.07, 6.45) is 5.40. The summed E-state index contributed by atoms with van der Waals surface area (Å²) in [6, 6.07) is 1.23. The third-order valence-electron chi connectivity index (χ3n) is 5.14. The Kier molecular flexibility index (Phi) is 4.05. The van der Waals surface area contributed by atoms with Gasteiger partial charge in [-0.25, -0.2) is 0 Å². The molecule has 1 saturated carbocycles. The number of aliphatic hydroxyl groups is 1. The molecule has 2 N–H and O–H groups in total. The quantitative estimate of drug-likeness (QED) is 0.808. The maximum atomic E-state index is 10.6. The molecule has 2 unspecified atom stereocenters. The fourth-order valence-corrected chi connectivity index (χ4v) is 3.24. The molecule has 0 aromatic rings. The lowest BCUT2D eigenvalue weighted by Gasteiger charge is -2.40. The summed E-state index contributed by atoms with van der Waals surface area (Å²) in [7, 11) is 2.18. The molecular weight excluding hydrogens is 224 g/mol. The fraction of sp³-hybridized carbons (Fsp3) is 1.00. The van der Waals surface area contributed by atoms with Crippen LogP contribution in [-0.4, -0.2) is 47.8 Å². The smallest absolute Gasteiger partial charge is 0.0772 e. The molecule has 2 rings (SSSR count). The van der Waals surface area contributed by atoms with E-state index >= 15 is 0 Å². The van der Waals surface area contributed by atoms with Crippen molar-refractivity contribution in [1.82, 2.24) is 10.2 Å². The molecule has 0 aromatic carbocycles. The van der Waals surface area contributed by atoms with Crippen molar-refractivity contribution in [3.8, 4) is 0 Å². The first-order valence-corrected chi connectivity index (χ1v) is 7.46. The van der Waals surface area contributed by atoms with Crippen LogP contribution in [0.3, 0.4) is 0 Å². The normalized spacial score (nSPS) is 35.8. The highest BCUT2D eigenvalue weighted by atomic mass is 16.3. The molecule has 1 saturated heterocycles. The van der Waals surface area contributed by atoms with Crippen molar-refractivity contribution in [1.29, 1.82) is 0 Å². The Hall–Kier alpha value is -0.120. The van der Waals surface area contributed by atoms with Crippen molar-refractivity contribution in [2.75, 3.05) is 20.1 Å². The van der Waals surface area contributed by atoms with Gasteiger partial charge in [-0.2, -0.15) is 0 Å². The Bertz CT molecular complexity index is 270. The topological polar surface area (TPSA) is 35.5 Å². The highest BCUT2D eigenvalue weighted by molar-refractivity contribution is 4.93. The summed E-state index contributed by atoms with van der Waals surface area (Å²) < 4.78 is 0. The van der Waals surface area contributed by atoms with E-state index in [-0.39, 0.29) is 0 Å². The molecule has 0 aromatic heterocycles. The largest absolute Gasteiger partial charge is 0.389 e. The van der Waals surface area contributed by atoms with Gasteiger partial charge in [0.25, 0.3) is 0 Å². The summed E-state index contributed by atoms with van der Waals surface area (Å²) in [4.78, 5) is 2.39. The van der Waals surface area contributed by atoms with Gasteiger partial charge in [0.15, 0.2) is 0 Å². The van der Waals surface area contributed by atoms with E-state index in [1.165, 1.54) is 6.42 Å². The van der Waals surface area contributed by atoms with Gasteiger partial charge in [0.05, 0.1) is 5.60 Å². The van der Waals surface area contributed by atoms with Crippen LogP contribution >= 0.6 is 0 Å². The molecule has 3 nitrogen and oxygen atoms in total. The standard InChI is InChI=1S/C15H30N2O/c1-12-9-13(10-17(12)4)16-11-15(18)7-5-14(2,3)6-8-15/h12-13,16,18H,5-11H2,1-4H3. The first-order chi connectivity index (χ1) is 8.30. The Morgan fingerprint density at radius 1 is 1.22 bits per heavy atom. The van der Waals surface area contributed by atoms with Crippen LogP contribution in [-0.2, 0) is 0 Å². The molecule has 2 aliphatic rings. The zero-order valence-electron chi connectivity index (χ0n) is 12.5. The van der Waals surface area contributed by atoms with Gasteiger partial charge in [0.2, 0.25) is 0 Å². The summed E-state index contributed by atoms with van der Waals surface area (Å²) in [6.45, 7) is 8.79. The van der Waals surface area contributed by atoms with E-state index in [4.69, 9.17) is 0 Å². The minimum Gasteiger partial charge on any atom is -0.389 e. The lowest BCUT2D eigenvalue weighted by molar-refractivity contribution is -0.0258. The number of rotatable bonds is 3. The van der Waals surface area contributed by atoms with Crippen LogP contribution in [0, 0.1) is 5.41 Å². The summed E-state index contributed by atoms with van der Waals surface area (Å²) >= 11 is 0. The molecule has 2 fully saturated rings. The molecule has 0 amide bonds. The van der Waals surface area contributed by atoms with E-state index in [1.54, 1.807) is 0 Å². The number of hydrogen-bond donors (Lipinski definition) is 2. The molecule has 18 heavy (non-hydrogen) atoms. The lowest BCUT2D eigenvalue weighted by atomic mass is 9.71. The Balaban J connectivity index is 1.77. The van der Waals surface area contributed by atoms with Crippen LogP contribution in [0.15, 0.2) is 0 Å². The fourth-order valence-electron chi connectivity index (χ4n) is 3.24. The maximum absolute atomic E-state index is 10.6. The minimum atomic E-state index is -0.458. The molecular formula is C15H30N2O. The number of likely N-dealkylation sites (tertiary alicyclic amines) is 1. The van der Waals surface area contributed by atoms with E-state index < -0.39 is 5.60 Å². The highest BCUT2D eigenvalue weighted by Crippen LogP contribution is 2.39. The van der Waals surface area contributed by atoms with Crippen molar-refractivity contribution >= 4 is 0 Å². The minimum absolute atomic E-state index is 0.425. The second-order valence-electron chi connectivity index (χ2n) is 7.49. The lowest BCUT2D eigenvalue weighted by Crippen LogP contribution is -2.48. The molecule has 0 spiro atoms. The van der Waals surface area contributed by atoms with Gasteiger partial charge in [0, 0.05) is 25.2 Å². The van der Waals surface area contributed by atoms with Crippen molar-refractivity contribution in [3.05, 3.63) is 0 Å². The Morgan fingerprint density at radius 2 is 1.83 bits per heavy atom. The first-order valence-electron chi connectivity index (χ1n) is 7.46. The molecule has 3 heteroatoms. The number of likely N-dealkylation sites (N-methyl/N-ethyl adjacent to an activating group) is 1. The van der Waals surface area contributed by atoms with Gasteiger partial charge in [-0.15, -0.1) is 0 Å². The van der Waals surface area contributed by atoms with Crippen LogP contribution in [0.2, 0.25) is 0 Å². The van der Waals surface area contributed by atoms with Crippen LogP contribution in [0.1, 0.15) is 52.9 Å². The van der Waals surface area contributed by atoms with E-state index in [0.29, 0.717) is 17.5 Å². The van der Waals surface area contributed by atoms with Gasteiger partial charge in [-0.1, -0.05) is 13.8 Å². The Labute approximate surface area is 112 Å². The summed E-state index contributed by atoms with van der Waals surface area (Å²) in [5.41, 5.74) is -0.0335. The molecule has 0 radical (unpaired) electrons. The predicted molar refractivity (Wildman–Crippen MR) is 75.7 cm³/mol. The molecule has 106 valence electrons. The molecule has 2 atom stereocenters. The highest BCUT2D eigenvalue weighted by Gasteiger charge is 2.37. The zero-order valence-corrected chi connectivity index (χ0v) is 12.5. The van der Waals surface area contributed by atoms with Crippen molar-refractivity contribution < 1.29 is 5.11 Å². The average molecular weight is 254 g/mol. The van der Waals surface area contributed by atoms with Gasteiger partial charge in [-0.05, 0) is 51.5 Å². The van der Waals surface area contributed by atoms with E-state index in [2.05, 4.69) is 38.0 Å². The molecule has 0 bridgehead atoms. The third-order valence-corrected chi connectivity index (χ3v) is 5.14. The molecule has 1 aliphatic carbocycles. The van der Waals surface area contributed by atoms with Crippen LogP contribution in [0.4, 0.5) is 0 Å². The predicted octanol–water partition coefficient (Wildman–Crippen LogP) is 2.00. The van der Waals surface area contributed by atoms with Crippen molar-refractivity contribution in [2.24, 2.45) is 5.41 Å². The monoisotopic (exact) mass is 254 g/mol. The summed E-state index contributed by atoms with van der Waals surface area (Å²) in [5.74, 6) is 0. The third kappa shape index (κ3) is 3.46. The second kappa shape index (κ2) is 5.10. The maximum Gasteiger partial charge on any atom is 0.0772 e. The van der Waals surface area contributed by atoms with E-state index in [0.717, 1.165) is 38.8 Å². The first kappa shape index (κ1) is 14.3. The number of nitrogens with one attached hydrogen (secondary N) is 1. The SMILES string of the molecule is CC1CC(NCC2(O)CCC(C)(C)CC2)CN1C. The average Bonchev–Trinajstić information content (AvgIpc) is 2.61. The number of hydrogen-bond acceptors (Lipinski definition) is 3. The molecule has 1 aliphatic heterocycles. The van der Waals surface area contributed by atoms with Gasteiger partial charge < -0.3 is 15.3 Å². The number of nitrogens with zero attached hydrogens (tertiary/aromatic N) is 1. The van der Waals surface area contributed by atoms with Crippen LogP contribution < -0.4 is 5.32 Å². The van der Waals surface area contributed by atoms with Gasteiger partial charge >= 0.3 is 0 Å². The van der Waals surface area contributed by atoms with Gasteiger partial charge in [0.1, 0.15) is 0 Å². The molecule has 1 heterocycles. The second-order valence-corrected chi connectivity index (χ2v) is 7.49.